The molecule has 0 N–H and O–H groups in total. The van der Waals surface area contributed by atoms with Crippen molar-refractivity contribution in [2.75, 3.05) is 33.7 Å². The predicted molar refractivity (Wildman–Crippen MR) is 87.8 cm³/mol. The fourth-order valence-electron chi connectivity index (χ4n) is 3.29. The molecule has 1 heterocycles. The zero-order chi connectivity index (χ0) is 15.4. The highest BCUT2D eigenvalue weighted by atomic mass is 16.1. The molecule has 1 aromatic carbocycles. The lowest BCUT2D eigenvalue weighted by atomic mass is 10.1. The molecule has 3 nitrogen and oxygen atoms in total. The lowest BCUT2D eigenvalue weighted by molar-refractivity contribution is 0.0941. The molecule has 2 unspecified atom stereocenters. The van der Waals surface area contributed by atoms with Crippen LogP contribution in [0.25, 0.3) is 0 Å². The number of aryl methyl sites for hydroxylation is 1. The van der Waals surface area contributed by atoms with E-state index in [1.807, 2.05) is 12.1 Å². The smallest absolute Gasteiger partial charge is 0.176 e. The van der Waals surface area contributed by atoms with Gasteiger partial charge in [0.2, 0.25) is 0 Å². The Morgan fingerprint density at radius 1 is 1.24 bits per heavy atom. The molecule has 116 valence electrons. The van der Waals surface area contributed by atoms with Crippen LogP contribution in [0, 0.1) is 5.92 Å². The zero-order valence-electron chi connectivity index (χ0n) is 13.8. The van der Waals surface area contributed by atoms with Crippen molar-refractivity contribution in [3.63, 3.8) is 0 Å². The Morgan fingerprint density at radius 3 is 2.43 bits per heavy atom. The predicted octanol–water partition coefficient (Wildman–Crippen LogP) is 2.70. The first-order valence-electron chi connectivity index (χ1n) is 8.02. The molecule has 0 amide bonds. The van der Waals surface area contributed by atoms with Crippen LogP contribution in [-0.2, 0) is 6.42 Å². The summed E-state index contributed by atoms with van der Waals surface area (Å²) in [5, 5.41) is 0. The second-order valence-corrected chi connectivity index (χ2v) is 6.57. The van der Waals surface area contributed by atoms with Crippen molar-refractivity contribution in [2.24, 2.45) is 5.92 Å². The van der Waals surface area contributed by atoms with Crippen molar-refractivity contribution >= 4 is 5.78 Å². The summed E-state index contributed by atoms with van der Waals surface area (Å²) in [6.07, 6.45) is 2.23. The van der Waals surface area contributed by atoms with E-state index < -0.39 is 0 Å². The van der Waals surface area contributed by atoms with E-state index in [-0.39, 0.29) is 5.78 Å². The minimum atomic E-state index is 0.240. The minimum absolute atomic E-state index is 0.240. The fourth-order valence-corrected chi connectivity index (χ4v) is 3.29. The number of Topliss-reactive ketones (excluding diaryl/α,β-unsaturated/α-hetero) is 1. The van der Waals surface area contributed by atoms with Crippen LogP contribution in [0.2, 0.25) is 0 Å². The van der Waals surface area contributed by atoms with Gasteiger partial charge >= 0.3 is 0 Å². The van der Waals surface area contributed by atoms with Gasteiger partial charge in [-0.3, -0.25) is 9.69 Å². The van der Waals surface area contributed by atoms with E-state index in [9.17, 15) is 4.79 Å². The van der Waals surface area contributed by atoms with Crippen molar-refractivity contribution in [1.29, 1.82) is 0 Å². The highest BCUT2D eigenvalue weighted by molar-refractivity contribution is 5.97. The number of hydrogen-bond donors (Lipinski definition) is 0. The highest BCUT2D eigenvalue weighted by Gasteiger charge is 2.31. The fraction of sp³-hybridized carbons (Fsp3) is 0.611. The van der Waals surface area contributed by atoms with Gasteiger partial charge in [-0.2, -0.15) is 0 Å². The summed E-state index contributed by atoms with van der Waals surface area (Å²) in [6.45, 7) is 7.00. The van der Waals surface area contributed by atoms with Crippen molar-refractivity contribution in [1.82, 2.24) is 9.80 Å². The highest BCUT2D eigenvalue weighted by Crippen LogP contribution is 2.20. The number of hydrogen-bond acceptors (Lipinski definition) is 3. The molecular formula is C18H28N2O. The van der Waals surface area contributed by atoms with Gasteiger partial charge in [-0.05, 0) is 32.0 Å². The van der Waals surface area contributed by atoms with Crippen LogP contribution in [0.5, 0.6) is 0 Å². The average Bonchev–Trinajstić information content (AvgIpc) is 2.81. The second kappa shape index (κ2) is 7.19. The number of benzene rings is 1. The average molecular weight is 288 g/mol. The Labute approximate surface area is 128 Å². The van der Waals surface area contributed by atoms with Gasteiger partial charge in [0.1, 0.15) is 0 Å². The molecule has 0 bridgehead atoms. The van der Waals surface area contributed by atoms with Gasteiger partial charge < -0.3 is 4.90 Å². The summed E-state index contributed by atoms with van der Waals surface area (Å²) in [7, 11) is 4.25. The van der Waals surface area contributed by atoms with E-state index >= 15 is 0 Å². The molecule has 0 aliphatic carbocycles. The third-order valence-corrected chi connectivity index (χ3v) is 4.49. The molecule has 1 aliphatic heterocycles. The summed E-state index contributed by atoms with van der Waals surface area (Å²) < 4.78 is 0. The van der Waals surface area contributed by atoms with Crippen LogP contribution in [0.3, 0.4) is 0 Å². The van der Waals surface area contributed by atoms with Gasteiger partial charge in [-0.15, -0.1) is 0 Å². The monoisotopic (exact) mass is 288 g/mol. The Kier molecular flexibility index (Phi) is 5.54. The summed E-state index contributed by atoms with van der Waals surface area (Å²) in [6, 6.07) is 8.70. The molecule has 1 saturated heterocycles. The van der Waals surface area contributed by atoms with Crippen molar-refractivity contribution in [3.8, 4) is 0 Å². The molecule has 1 aliphatic rings. The summed E-state index contributed by atoms with van der Waals surface area (Å²) in [5.41, 5.74) is 2.16. The minimum Gasteiger partial charge on any atom is -0.305 e. The van der Waals surface area contributed by atoms with Gasteiger partial charge in [-0.25, -0.2) is 0 Å². The molecule has 1 fully saturated rings. The zero-order valence-corrected chi connectivity index (χ0v) is 13.8. The number of ketones is 1. The number of nitrogens with zero attached hydrogens (tertiary/aromatic N) is 2. The van der Waals surface area contributed by atoms with E-state index in [1.165, 1.54) is 5.56 Å². The van der Waals surface area contributed by atoms with E-state index in [2.05, 4.69) is 49.9 Å². The molecular weight excluding hydrogens is 260 g/mol. The quantitative estimate of drug-likeness (QED) is 0.752. The number of carbonyl (C=O) groups excluding carboxylic acids is 1. The topological polar surface area (TPSA) is 23.6 Å². The molecule has 3 heteroatoms. The molecule has 1 aromatic rings. The van der Waals surface area contributed by atoms with E-state index in [0.717, 1.165) is 31.5 Å². The van der Waals surface area contributed by atoms with E-state index in [0.29, 0.717) is 18.5 Å². The van der Waals surface area contributed by atoms with Crippen LogP contribution in [0.4, 0.5) is 0 Å². The molecule has 2 rings (SSSR count). The molecule has 0 saturated carbocycles. The maximum Gasteiger partial charge on any atom is 0.176 e. The van der Waals surface area contributed by atoms with Crippen molar-refractivity contribution < 1.29 is 4.79 Å². The lowest BCUT2D eigenvalue weighted by Crippen LogP contribution is -2.35. The Balaban J connectivity index is 1.93. The molecule has 21 heavy (non-hydrogen) atoms. The Morgan fingerprint density at radius 2 is 1.90 bits per heavy atom. The van der Waals surface area contributed by atoms with Gasteiger partial charge in [-0.1, -0.05) is 44.5 Å². The lowest BCUT2D eigenvalue weighted by Gasteiger charge is -2.22. The number of likely N-dealkylation sites (N-methyl/N-ethyl adjacent to an activating group) is 1. The third-order valence-electron chi connectivity index (χ3n) is 4.49. The van der Waals surface area contributed by atoms with Crippen molar-refractivity contribution in [2.45, 2.75) is 32.7 Å². The van der Waals surface area contributed by atoms with Crippen LogP contribution < -0.4 is 0 Å². The van der Waals surface area contributed by atoms with Crippen LogP contribution >= 0.6 is 0 Å². The normalized spacial score (nSPS) is 22.9. The molecule has 0 spiro atoms. The molecule has 0 radical (unpaired) electrons. The van der Waals surface area contributed by atoms with Crippen LogP contribution in [0.1, 0.15) is 36.2 Å². The SMILES string of the molecule is CCCc1ccc(C(=O)CN2CC(C)C(N(C)C)C2)cc1. The van der Waals surface area contributed by atoms with Gasteiger partial charge in [0.15, 0.2) is 5.78 Å². The first-order chi connectivity index (χ1) is 10.0. The number of carbonyl (C=O) groups is 1. The van der Waals surface area contributed by atoms with Gasteiger partial charge in [0.05, 0.1) is 6.54 Å². The van der Waals surface area contributed by atoms with Crippen LogP contribution in [-0.4, -0.2) is 55.4 Å². The van der Waals surface area contributed by atoms with Crippen LogP contribution in [0.15, 0.2) is 24.3 Å². The molecule has 2 atom stereocenters. The van der Waals surface area contributed by atoms with Gasteiger partial charge in [0, 0.05) is 24.7 Å². The number of likely N-dealkylation sites (tertiary alicyclic amines) is 1. The van der Waals surface area contributed by atoms with E-state index in [1.54, 1.807) is 0 Å². The standard InChI is InChI=1S/C18H28N2O/c1-5-6-15-7-9-16(10-8-15)18(21)13-20-11-14(2)17(12-20)19(3)4/h7-10,14,17H,5-6,11-13H2,1-4H3. The second-order valence-electron chi connectivity index (χ2n) is 6.57. The van der Waals surface area contributed by atoms with Crippen molar-refractivity contribution in [3.05, 3.63) is 35.4 Å². The number of rotatable bonds is 6. The first kappa shape index (κ1) is 16.2. The maximum atomic E-state index is 12.4. The molecule has 0 aromatic heterocycles. The van der Waals surface area contributed by atoms with Gasteiger partial charge in [0.25, 0.3) is 0 Å². The third kappa shape index (κ3) is 4.14. The van der Waals surface area contributed by atoms with E-state index in [4.69, 9.17) is 0 Å². The summed E-state index contributed by atoms with van der Waals surface area (Å²) in [5.74, 6) is 0.865. The Bertz CT molecular complexity index is 467. The summed E-state index contributed by atoms with van der Waals surface area (Å²) in [4.78, 5) is 17.0. The maximum absolute atomic E-state index is 12.4. The summed E-state index contributed by atoms with van der Waals surface area (Å²) >= 11 is 0. The largest absolute Gasteiger partial charge is 0.305 e. The first-order valence-corrected chi connectivity index (χ1v) is 8.02. The Hall–Kier alpha value is -1.19.